The lowest BCUT2D eigenvalue weighted by molar-refractivity contribution is 0.0368. The molecule has 1 aliphatic heterocycles. The molecule has 138 valence electrons. The van der Waals surface area contributed by atoms with E-state index in [0.29, 0.717) is 13.2 Å². The van der Waals surface area contributed by atoms with Gasteiger partial charge in [0.15, 0.2) is 0 Å². The molecule has 1 aliphatic rings. The number of nitrogens with zero attached hydrogens (tertiary/aromatic N) is 5. The molecule has 3 aromatic heterocycles. The van der Waals surface area contributed by atoms with Gasteiger partial charge in [0.2, 0.25) is 0 Å². The van der Waals surface area contributed by atoms with E-state index in [0.717, 1.165) is 41.2 Å². The summed E-state index contributed by atoms with van der Waals surface area (Å²) in [6, 6.07) is 13.6. The van der Waals surface area contributed by atoms with Crippen molar-refractivity contribution in [1.29, 1.82) is 0 Å². The fourth-order valence-corrected chi connectivity index (χ4v) is 3.16. The minimum atomic E-state index is -0.111. The van der Waals surface area contributed by atoms with Crippen LogP contribution in [0.3, 0.4) is 0 Å². The molecule has 0 amide bonds. The van der Waals surface area contributed by atoms with E-state index >= 15 is 0 Å². The zero-order valence-corrected chi connectivity index (χ0v) is 15.5. The fourth-order valence-electron chi connectivity index (χ4n) is 3.16. The monoisotopic (exact) mass is 362 g/mol. The van der Waals surface area contributed by atoms with Crippen LogP contribution in [0.25, 0.3) is 0 Å². The Hall–Kier alpha value is -3.06. The van der Waals surface area contributed by atoms with E-state index in [-0.39, 0.29) is 6.10 Å². The predicted molar refractivity (Wildman–Crippen MR) is 104 cm³/mol. The van der Waals surface area contributed by atoms with Gasteiger partial charge in [-0.25, -0.2) is 19.9 Å². The first kappa shape index (κ1) is 17.4. The van der Waals surface area contributed by atoms with Crippen LogP contribution in [-0.2, 0) is 4.74 Å². The number of hydrogen-bond acceptors (Lipinski definition) is 7. The Bertz CT molecular complexity index is 897. The van der Waals surface area contributed by atoms with Gasteiger partial charge in [0.25, 0.3) is 0 Å². The molecule has 0 aliphatic carbocycles. The standard InChI is InChI=1S/C20H22N6O/c1-14-12-20(23-15(2)22-14)26-10-11-27-17(13-26)16-6-5-8-19(24-16)25-18-7-3-4-9-21-18/h3-9,12,17H,10-11,13H2,1-2H3,(H,21,24,25). The van der Waals surface area contributed by atoms with Gasteiger partial charge in [-0.15, -0.1) is 0 Å². The molecule has 7 heteroatoms. The predicted octanol–water partition coefficient (Wildman–Crippen LogP) is 3.20. The second-order valence-electron chi connectivity index (χ2n) is 6.51. The first-order valence-corrected chi connectivity index (χ1v) is 9.01. The summed E-state index contributed by atoms with van der Waals surface area (Å²) < 4.78 is 5.99. The SMILES string of the molecule is Cc1cc(N2CCOC(c3cccc(Nc4ccccn4)n3)C2)nc(C)n1. The van der Waals surface area contributed by atoms with Crippen molar-refractivity contribution in [2.75, 3.05) is 29.9 Å². The number of anilines is 3. The molecule has 1 atom stereocenters. The van der Waals surface area contributed by atoms with Crippen LogP contribution in [-0.4, -0.2) is 39.6 Å². The normalized spacial score (nSPS) is 17.0. The number of ether oxygens (including phenoxy) is 1. The average Bonchev–Trinajstić information content (AvgIpc) is 2.68. The zero-order chi connectivity index (χ0) is 18.6. The van der Waals surface area contributed by atoms with Crippen LogP contribution in [0.15, 0.2) is 48.7 Å². The number of hydrogen-bond donors (Lipinski definition) is 1. The van der Waals surface area contributed by atoms with Gasteiger partial charge in [-0.3, -0.25) is 0 Å². The minimum absolute atomic E-state index is 0.111. The molecular formula is C20H22N6O. The third-order valence-electron chi connectivity index (χ3n) is 4.36. The first-order chi connectivity index (χ1) is 13.2. The number of nitrogens with one attached hydrogen (secondary N) is 1. The van der Waals surface area contributed by atoms with Crippen molar-refractivity contribution in [3.8, 4) is 0 Å². The number of morpholine rings is 1. The Morgan fingerprint density at radius 2 is 1.93 bits per heavy atom. The summed E-state index contributed by atoms with van der Waals surface area (Å²) in [5.74, 6) is 3.24. The molecule has 27 heavy (non-hydrogen) atoms. The summed E-state index contributed by atoms with van der Waals surface area (Å²) in [4.78, 5) is 20.2. The summed E-state index contributed by atoms with van der Waals surface area (Å²) in [5, 5.41) is 3.23. The molecule has 1 saturated heterocycles. The highest BCUT2D eigenvalue weighted by atomic mass is 16.5. The molecule has 1 N–H and O–H groups in total. The smallest absolute Gasteiger partial charge is 0.132 e. The van der Waals surface area contributed by atoms with E-state index in [9.17, 15) is 0 Å². The van der Waals surface area contributed by atoms with E-state index in [4.69, 9.17) is 9.72 Å². The summed E-state index contributed by atoms with van der Waals surface area (Å²) in [6.07, 6.45) is 1.64. The Kier molecular flexibility index (Phi) is 4.93. The molecule has 0 spiro atoms. The van der Waals surface area contributed by atoms with Crippen LogP contribution in [0.5, 0.6) is 0 Å². The van der Waals surface area contributed by atoms with Crippen LogP contribution in [0.2, 0.25) is 0 Å². The van der Waals surface area contributed by atoms with E-state index in [2.05, 4.69) is 25.2 Å². The molecule has 4 heterocycles. The van der Waals surface area contributed by atoms with Crippen LogP contribution in [0.1, 0.15) is 23.3 Å². The van der Waals surface area contributed by atoms with Crippen LogP contribution in [0, 0.1) is 13.8 Å². The van der Waals surface area contributed by atoms with Gasteiger partial charge in [-0.05, 0) is 38.1 Å². The van der Waals surface area contributed by atoms with E-state index < -0.39 is 0 Å². The molecule has 1 unspecified atom stereocenters. The van der Waals surface area contributed by atoms with Crippen molar-refractivity contribution in [3.05, 3.63) is 65.9 Å². The van der Waals surface area contributed by atoms with Crippen molar-refractivity contribution < 1.29 is 4.74 Å². The molecule has 0 bridgehead atoms. The quantitative estimate of drug-likeness (QED) is 0.764. The minimum Gasteiger partial charge on any atom is -0.368 e. The number of rotatable bonds is 4. The Balaban J connectivity index is 1.52. The lowest BCUT2D eigenvalue weighted by Crippen LogP contribution is -2.39. The highest BCUT2D eigenvalue weighted by Crippen LogP contribution is 2.25. The topological polar surface area (TPSA) is 76.1 Å². The van der Waals surface area contributed by atoms with E-state index in [1.807, 2.05) is 56.3 Å². The van der Waals surface area contributed by atoms with Crippen molar-refractivity contribution >= 4 is 17.5 Å². The Morgan fingerprint density at radius 1 is 1.04 bits per heavy atom. The fraction of sp³-hybridized carbons (Fsp3) is 0.300. The second kappa shape index (κ2) is 7.67. The highest BCUT2D eigenvalue weighted by Gasteiger charge is 2.24. The second-order valence-corrected chi connectivity index (χ2v) is 6.51. The van der Waals surface area contributed by atoms with Gasteiger partial charge in [-0.1, -0.05) is 12.1 Å². The maximum absolute atomic E-state index is 5.99. The lowest BCUT2D eigenvalue weighted by Gasteiger charge is -2.33. The van der Waals surface area contributed by atoms with Crippen LogP contribution >= 0.6 is 0 Å². The van der Waals surface area contributed by atoms with Crippen molar-refractivity contribution in [2.24, 2.45) is 0 Å². The largest absolute Gasteiger partial charge is 0.368 e. The molecule has 1 fully saturated rings. The molecule has 4 rings (SSSR count). The van der Waals surface area contributed by atoms with Gasteiger partial charge in [0.05, 0.1) is 18.8 Å². The Morgan fingerprint density at radius 3 is 2.74 bits per heavy atom. The molecule has 3 aromatic rings. The van der Waals surface area contributed by atoms with Crippen molar-refractivity contribution in [2.45, 2.75) is 20.0 Å². The summed E-state index contributed by atoms with van der Waals surface area (Å²) in [6.45, 7) is 6.05. The third kappa shape index (κ3) is 4.20. The van der Waals surface area contributed by atoms with Gasteiger partial charge < -0.3 is 15.0 Å². The third-order valence-corrected chi connectivity index (χ3v) is 4.36. The lowest BCUT2D eigenvalue weighted by atomic mass is 10.2. The maximum Gasteiger partial charge on any atom is 0.132 e. The number of pyridine rings is 2. The molecular weight excluding hydrogens is 340 g/mol. The first-order valence-electron chi connectivity index (χ1n) is 9.01. The van der Waals surface area contributed by atoms with Gasteiger partial charge in [0.1, 0.15) is 29.4 Å². The average molecular weight is 362 g/mol. The van der Waals surface area contributed by atoms with Gasteiger partial charge in [-0.2, -0.15) is 0 Å². The molecule has 0 radical (unpaired) electrons. The number of aromatic nitrogens is 4. The van der Waals surface area contributed by atoms with Gasteiger partial charge >= 0.3 is 0 Å². The summed E-state index contributed by atoms with van der Waals surface area (Å²) in [7, 11) is 0. The van der Waals surface area contributed by atoms with Crippen LogP contribution < -0.4 is 10.2 Å². The van der Waals surface area contributed by atoms with Crippen molar-refractivity contribution in [1.82, 2.24) is 19.9 Å². The molecule has 0 saturated carbocycles. The highest BCUT2D eigenvalue weighted by molar-refractivity contribution is 5.51. The summed E-state index contributed by atoms with van der Waals surface area (Å²) in [5.41, 5.74) is 1.86. The summed E-state index contributed by atoms with van der Waals surface area (Å²) >= 11 is 0. The number of aryl methyl sites for hydroxylation is 2. The zero-order valence-electron chi connectivity index (χ0n) is 15.5. The molecule has 7 nitrogen and oxygen atoms in total. The van der Waals surface area contributed by atoms with Crippen molar-refractivity contribution in [3.63, 3.8) is 0 Å². The van der Waals surface area contributed by atoms with Crippen LogP contribution in [0.4, 0.5) is 17.5 Å². The molecule has 0 aromatic carbocycles. The Labute approximate surface area is 158 Å². The van der Waals surface area contributed by atoms with E-state index in [1.54, 1.807) is 6.20 Å². The van der Waals surface area contributed by atoms with E-state index in [1.165, 1.54) is 0 Å². The van der Waals surface area contributed by atoms with Gasteiger partial charge in [0, 0.05) is 24.5 Å². The maximum atomic E-state index is 5.99.